The van der Waals surface area contributed by atoms with Crippen LogP contribution in [-0.4, -0.2) is 44.9 Å². The summed E-state index contributed by atoms with van der Waals surface area (Å²) >= 11 is 1.14. The van der Waals surface area contributed by atoms with Crippen molar-refractivity contribution in [3.63, 3.8) is 0 Å². The van der Waals surface area contributed by atoms with Gasteiger partial charge in [0.1, 0.15) is 5.75 Å². The number of nitrogens with zero attached hydrogens (tertiary/aromatic N) is 4. The van der Waals surface area contributed by atoms with E-state index in [4.69, 9.17) is 4.74 Å². The maximum Gasteiger partial charge on any atom is 0.261 e. The van der Waals surface area contributed by atoms with E-state index in [0.717, 1.165) is 23.0 Å². The summed E-state index contributed by atoms with van der Waals surface area (Å²) in [5.74, 6) is -0.572. The number of rotatable bonds is 6. The van der Waals surface area contributed by atoms with Gasteiger partial charge in [0.2, 0.25) is 11.1 Å². The first-order valence-electron chi connectivity index (χ1n) is 8.04. The Balaban J connectivity index is 1.62. The molecule has 1 heterocycles. The third-order valence-corrected chi connectivity index (χ3v) is 4.58. The van der Waals surface area contributed by atoms with Crippen molar-refractivity contribution in [2.24, 2.45) is 0 Å². The number of aromatic nitrogens is 4. The number of benzene rings is 2. The molecule has 3 rings (SSSR count). The van der Waals surface area contributed by atoms with Crippen LogP contribution in [0, 0.1) is 6.92 Å². The van der Waals surface area contributed by atoms with E-state index in [1.807, 2.05) is 31.2 Å². The Morgan fingerprint density at radius 3 is 2.63 bits per heavy atom. The molecule has 0 aliphatic rings. The number of amides is 2. The zero-order valence-corrected chi connectivity index (χ0v) is 15.6. The van der Waals surface area contributed by atoms with E-state index in [1.54, 1.807) is 28.9 Å². The standard InChI is InChI=1S/C18H17N5O3S/c1-12-7-9-13(10-8-12)23-18(20-21-22-23)27-11-16(24)19-17(25)14-5-3-4-6-15(14)26-2/h3-10H,11H2,1-2H3,(H,19,24,25). The van der Waals surface area contributed by atoms with Crippen molar-refractivity contribution in [3.8, 4) is 11.4 Å². The van der Waals surface area contributed by atoms with E-state index in [0.29, 0.717) is 16.5 Å². The third-order valence-electron chi connectivity index (χ3n) is 3.66. The highest BCUT2D eigenvalue weighted by Crippen LogP contribution is 2.19. The molecule has 0 aliphatic carbocycles. The number of hydrogen-bond acceptors (Lipinski definition) is 7. The van der Waals surface area contributed by atoms with Gasteiger partial charge in [0.05, 0.1) is 24.1 Å². The molecule has 0 aliphatic heterocycles. The zero-order valence-electron chi connectivity index (χ0n) is 14.7. The van der Waals surface area contributed by atoms with Gasteiger partial charge >= 0.3 is 0 Å². The summed E-state index contributed by atoms with van der Waals surface area (Å²) in [6.07, 6.45) is 0. The number of aryl methyl sites for hydroxylation is 1. The third kappa shape index (κ3) is 4.50. The first-order chi connectivity index (χ1) is 13.1. The van der Waals surface area contributed by atoms with Crippen molar-refractivity contribution in [3.05, 3.63) is 59.7 Å². The molecule has 0 spiro atoms. The van der Waals surface area contributed by atoms with Gasteiger partial charge in [0.15, 0.2) is 0 Å². The molecule has 2 aromatic carbocycles. The van der Waals surface area contributed by atoms with Crippen LogP contribution in [0.1, 0.15) is 15.9 Å². The summed E-state index contributed by atoms with van der Waals surface area (Å²) < 4.78 is 6.67. The smallest absolute Gasteiger partial charge is 0.261 e. The number of thioether (sulfide) groups is 1. The van der Waals surface area contributed by atoms with Crippen LogP contribution >= 0.6 is 11.8 Å². The lowest BCUT2D eigenvalue weighted by atomic mass is 10.2. The van der Waals surface area contributed by atoms with E-state index in [2.05, 4.69) is 20.8 Å². The second kappa shape index (κ2) is 8.45. The maximum atomic E-state index is 12.2. The molecule has 0 saturated heterocycles. The monoisotopic (exact) mass is 383 g/mol. The number of hydrogen-bond donors (Lipinski definition) is 1. The van der Waals surface area contributed by atoms with Gasteiger partial charge in [-0.05, 0) is 41.6 Å². The van der Waals surface area contributed by atoms with Gasteiger partial charge in [-0.15, -0.1) is 5.10 Å². The van der Waals surface area contributed by atoms with Crippen LogP contribution in [0.4, 0.5) is 0 Å². The van der Waals surface area contributed by atoms with E-state index in [-0.39, 0.29) is 5.75 Å². The molecule has 0 saturated carbocycles. The molecule has 0 atom stereocenters. The van der Waals surface area contributed by atoms with Gasteiger partial charge in [0.25, 0.3) is 5.91 Å². The molecule has 0 unspecified atom stereocenters. The number of carbonyl (C=O) groups excluding carboxylic acids is 2. The summed E-state index contributed by atoms with van der Waals surface area (Å²) in [6, 6.07) is 14.4. The fourth-order valence-corrected chi connectivity index (χ4v) is 3.00. The summed E-state index contributed by atoms with van der Waals surface area (Å²) in [6.45, 7) is 1.99. The molecular formula is C18H17N5O3S. The van der Waals surface area contributed by atoms with Crippen molar-refractivity contribution in [2.75, 3.05) is 12.9 Å². The number of para-hydroxylation sites is 1. The van der Waals surface area contributed by atoms with Gasteiger partial charge in [-0.2, -0.15) is 4.68 Å². The molecule has 0 bridgehead atoms. The van der Waals surface area contributed by atoms with Crippen molar-refractivity contribution < 1.29 is 14.3 Å². The van der Waals surface area contributed by atoms with Gasteiger partial charge in [-0.25, -0.2) is 0 Å². The summed E-state index contributed by atoms with van der Waals surface area (Å²) in [7, 11) is 1.47. The lowest BCUT2D eigenvalue weighted by Crippen LogP contribution is -2.32. The van der Waals surface area contributed by atoms with Crippen LogP contribution in [0.5, 0.6) is 5.75 Å². The maximum absolute atomic E-state index is 12.2. The SMILES string of the molecule is COc1ccccc1C(=O)NC(=O)CSc1nnnn1-c1ccc(C)cc1. The number of imide groups is 1. The van der Waals surface area contributed by atoms with E-state index >= 15 is 0 Å². The Kier molecular flexibility index (Phi) is 5.82. The van der Waals surface area contributed by atoms with E-state index in [9.17, 15) is 9.59 Å². The van der Waals surface area contributed by atoms with Crippen LogP contribution in [0.25, 0.3) is 5.69 Å². The second-order valence-electron chi connectivity index (χ2n) is 5.58. The molecule has 2 amide bonds. The van der Waals surface area contributed by atoms with E-state index in [1.165, 1.54) is 7.11 Å². The minimum Gasteiger partial charge on any atom is -0.496 e. The highest BCUT2D eigenvalue weighted by atomic mass is 32.2. The van der Waals surface area contributed by atoms with Gasteiger partial charge in [-0.3, -0.25) is 14.9 Å². The van der Waals surface area contributed by atoms with Gasteiger partial charge in [0, 0.05) is 0 Å². The van der Waals surface area contributed by atoms with Gasteiger partial charge < -0.3 is 4.74 Å². The van der Waals surface area contributed by atoms with Crippen LogP contribution < -0.4 is 10.1 Å². The van der Waals surface area contributed by atoms with E-state index < -0.39 is 11.8 Å². The summed E-state index contributed by atoms with van der Waals surface area (Å²) in [4.78, 5) is 24.4. The topological polar surface area (TPSA) is 99.0 Å². The second-order valence-corrected chi connectivity index (χ2v) is 6.52. The molecular weight excluding hydrogens is 366 g/mol. The predicted molar refractivity (Wildman–Crippen MR) is 100 cm³/mol. The van der Waals surface area contributed by atoms with Crippen molar-refractivity contribution >= 4 is 23.6 Å². The molecule has 0 fully saturated rings. The van der Waals surface area contributed by atoms with Crippen molar-refractivity contribution in [2.45, 2.75) is 12.1 Å². The minimum atomic E-state index is -0.517. The molecule has 0 radical (unpaired) electrons. The number of nitrogens with one attached hydrogen (secondary N) is 1. The average Bonchev–Trinajstić information content (AvgIpc) is 3.15. The molecule has 9 heteroatoms. The molecule has 27 heavy (non-hydrogen) atoms. The largest absolute Gasteiger partial charge is 0.496 e. The first-order valence-corrected chi connectivity index (χ1v) is 9.02. The van der Waals surface area contributed by atoms with Crippen LogP contribution in [-0.2, 0) is 4.79 Å². The normalized spacial score (nSPS) is 10.4. The number of carbonyl (C=O) groups is 2. The zero-order chi connectivity index (χ0) is 19.2. The molecule has 3 aromatic rings. The Morgan fingerprint density at radius 2 is 1.89 bits per heavy atom. The lowest BCUT2D eigenvalue weighted by Gasteiger charge is -2.08. The highest BCUT2D eigenvalue weighted by molar-refractivity contribution is 7.99. The Labute approximate surface area is 159 Å². The molecule has 1 N–H and O–H groups in total. The lowest BCUT2D eigenvalue weighted by molar-refractivity contribution is -0.117. The number of ether oxygens (including phenoxy) is 1. The van der Waals surface area contributed by atoms with Crippen molar-refractivity contribution in [1.29, 1.82) is 0 Å². The Morgan fingerprint density at radius 1 is 1.15 bits per heavy atom. The summed E-state index contributed by atoms with van der Waals surface area (Å²) in [5, 5.41) is 14.3. The van der Waals surface area contributed by atoms with Crippen LogP contribution in [0.3, 0.4) is 0 Å². The molecule has 138 valence electrons. The Bertz CT molecular complexity index is 956. The summed E-state index contributed by atoms with van der Waals surface area (Å²) in [5.41, 5.74) is 2.21. The fourth-order valence-electron chi connectivity index (χ4n) is 2.31. The number of tetrazole rings is 1. The van der Waals surface area contributed by atoms with Gasteiger partial charge in [-0.1, -0.05) is 41.6 Å². The minimum absolute atomic E-state index is 0.00682. The number of methoxy groups -OCH3 is 1. The quantitative estimate of drug-likeness (QED) is 0.650. The highest BCUT2D eigenvalue weighted by Gasteiger charge is 2.16. The average molecular weight is 383 g/mol. The predicted octanol–water partition coefficient (Wildman–Crippen LogP) is 2.03. The van der Waals surface area contributed by atoms with Crippen LogP contribution in [0.2, 0.25) is 0 Å². The molecule has 8 nitrogen and oxygen atoms in total. The molecule has 1 aromatic heterocycles. The first kappa shape index (κ1) is 18.6. The fraction of sp³-hybridized carbons (Fsp3) is 0.167. The van der Waals surface area contributed by atoms with Crippen LogP contribution in [0.15, 0.2) is 53.7 Å². The van der Waals surface area contributed by atoms with Crippen molar-refractivity contribution in [1.82, 2.24) is 25.5 Å². The Hall–Kier alpha value is -3.20.